The molecule has 1 aromatic rings. The Bertz CT molecular complexity index is 359. The average Bonchev–Trinajstić information content (AvgIpc) is 2.36. The fourth-order valence-electron chi connectivity index (χ4n) is 1.84. The molecule has 5 heteroatoms. The molecule has 0 heterocycles. The molecular formula is C14H23ClN3O-. The molecule has 0 aromatic heterocycles. The third-order valence-electron chi connectivity index (χ3n) is 2.83. The van der Waals surface area contributed by atoms with Crippen LogP contribution in [0.25, 0.3) is 0 Å². The summed E-state index contributed by atoms with van der Waals surface area (Å²) in [6.07, 6.45) is 2.23. The molecule has 19 heavy (non-hydrogen) atoms. The number of hydrogen-bond donors (Lipinski definition) is 3. The molecule has 108 valence electrons. The van der Waals surface area contributed by atoms with E-state index < -0.39 is 6.04 Å². The summed E-state index contributed by atoms with van der Waals surface area (Å²) in [5.41, 5.74) is 12.4. The van der Waals surface area contributed by atoms with Gasteiger partial charge in [0.25, 0.3) is 0 Å². The van der Waals surface area contributed by atoms with Gasteiger partial charge in [-0.05, 0) is 38.3 Å². The molecule has 1 aromatic carbocycles. The summed E-state index contributed by atoms with van der Waals surface area (Å²) in [6.45, 7) is 2.56. The molecule has 2 unspecified atom stereocenters. The molecule has 5 N–H and O–H groups in total. The van der Waals surface area contributed by atoms with Gasteiger partial charge in [0.05, 0.1) is 6.04 Å². The minimum absolute atomic E-state index is 0. The van der Waals surface area contributed by atoms with Crippen molar-refractivity contribution in [2.24, 2.45) is 11.5 Å². The molecule has 0 bridgehead atoms. The number of carbonyl (C=O) groups excluding carboxylic acids is 1. The Morgan fingerprint density at radius 3 is 2.53 bits per heavy atom. The van der Waals surface area contributed by atoms with Gasteiger partial charge in [-0.25, -0.2) is 0 Å². The maximum absolute atomic E-state index is 11.8. The highest BCUT2D eigenvalue weighted by molar-refractivity contribution is 5.81. The van der Waals surface area contributed by atoms with Crippen molar-refractivity contribution in [1.29, 1.82) is 0 Å². The number of nitrogens with two attached hydrogens (primary N) is 2. The molecule has 0 aliphatic heterocycles. The molecule has 1 amide bonds. The minimum Gasteiger partial charge on any atom is -1.00 e. The number of nitrogens with one attached hydrogen (secondary N) is 1. The first-order valence-electron chi connectivity index (χ1n) is 6.43. The molecular weight excluding hydrogens is 262 g/mol. The fourth-order valence-corrected chi connectivity index (χ4v) is 1.84. The molecule has 0 saturated carbocycles. The highest BCUT2D eigenvalue weighted by atomic mass is 35.5. The number of halogens is 1. The Morgan fingerprint density at radius 1 is 1.32 bits per heavy atom. The number of rotatable bonds is 7. The van der Waals surface area contributed by atoms with Gasteiger partial charge >= 0.3 is 0 Å². The van der Waals surface area contributed by atoms with E-state index in [2.05, 4.69) is 17.4 Å². The summed E-state index contributed by atoms with van der Waals surface area (Å²) >= 11 is 0. The Balaban J connectivity index is 0.00000324. The molecule has 0 radical (unpaired) electrons. The third-order valence-corrected chi connectivity index (χ3v) is 2.83. The Morgan fingerprint density at radius 2 is 1.95 bits per heavy atom. The lowest BCUT2D eigenvalue weighted by atomic mass is 10.1. The van der Waals surface area contributed by atoms with E-state index in [0.29, 0.717) is 13.0 Å². The van der Waals surface area contributed by atoms with Crippen LogP contribution >= 0.6 is 0 Å². The molecule has 0 aliphatic rings. The molecule has 0 aliphatic carbocycles. The van der Waals surface area contributed by atoms with Gasteiger partial charge < -0.3 is 29.2 Å². The van der Waals surface area contributed by atoms with Crippen molar-refractivity contribution in [3.63, 3.8) is 0 Å². The molecule has 1 rings (SSSR count). The van der Waals surface area contributed by atoms with Crippen LogP contribution in [0.4, 0.5) is 0 Å². The van der Waals surface area contributed by atoms with Gasteiger partial charge in [-0.3, -0.25) is 4.79 Å². The number of benzene rings is 1. The van der Waals surface area contributed by atoms with Crippen LogP contribution in [0.3, 0.4) is 0 Å². The molecule has 0 fully saturated rings. The zero-order valence-corrected chi connectivity index (χ0v) is 12.1. The van der Waals surface area contributed by atoms with Crippen LogP contribution in [-0.2, 0) is 11.2 Å². The van der Waals surface area contributed by atoms with Crippen molar-refractivity contribution in [1.82, 2.24) is 5.32 Å². The maximum Gasteiger partial charge on any atom is 0.237 e. The number of amides is 1. The van der Waals surface area contributed by atoms with Crippen molar-refractivity contribution >= 4 is 5.91 Å². The van der Waals surface area contributed by atoms with E-state index in [1.54, 1.807) is 0 Å². The van der Waals surface area contributed by atoms with E-state index >= 15 is 0 Å². The topological polar surface area (TPSA) is 81.1 Å². The van der Waals surface area contributed by atoms with Gasteiger partial charge in [0, 0.05) is 6.04 Å². The summed E-state index contributed by atoms with van der Waals surface area (Å²) in [7, 11) is 0. The van der Waals surface area contributed by atoms with Gasteiger partial charge in [0.15, 0.2) is 0 Å². The van der Waals surface area contributed by atoms with E-state index in [0.717, 1.165) is 12.8 Å². The maximum atomic E-state index is 11.8. The first kappa shape index (κ1) is 17.9. The van der Waals surface area contributed by atoms with Crippen molar-refractivity contribution in [2.45, 2.75) is 38.3 Å². The molecule has 2 atom stereocenters. The van der Waals surface area contributed by atoms with E-state index in [-0.39, 0.29) is 24.4 Å². The van der Waals surface area contributed by atoms with Gasteiger partial charge in [-0.15, -0.1) is 0 Å². The normalized spacial score (nSPS) is 13.2. The number of hydrogen-bond acceptors (Lipinski definition) is 3. The summed E-state index contributed by atoms with van der Waals surface area (Å²) in [5.74, 6) is -0.0909. The van der Waals surface area contributed by atoms with Crippen molar-refractivity contribution < 1.29 is 17.2 Å². The second kappa shape index (κ2) is 9.78. The zero-order chi connectivity index (χ0) is 13.4. The second-order valence-corrected chi connectivity index (χ2v) is 4.64. The van der Waals surface area contributed by atoms with Gasteiger partial charge in [-0.1, -0.05) is 30.3 Å². The molecule has 4 nitrogen and oxygen atoms in total. The molecule has 0 saturated heterocycles. The van der Waals surface area contributed by atoms with Crippen LogP contribution in [0.1, 0.15) is 25.3 Å². The molecule has 0 spiro atoms. The largest absolute Gasteiger partial charge is 1.00 e. The minimum atomic E-state index is -0.452. The van der Waals surface area contributed by atoms with Crippen molar-refractivity contribution in [3.05, 3.63) is 35.9 Å². The van der Waals surface area contributed by atoms with Crippen LogP contribution < -0.4 is 29.2 Å². The smallest absolute Gasteiger partial charge is 0.237 e. The fraction of sp³-hybridized carbons (Fsp3) is 0.500. The first-order valence-corrected chi connectivity index (χ1v) is 6.43. The standard InChI is InChI=1S/C14H23N3O.ClH/c1-11(10-12-6-3-2-4-7-12)17-14(18)13(16)8-5-9-15;/h2-4,6-7,11,13H,5,8-10,15-16H2,1H3,(H,17,18);1H/p-1. The predicted molar refractivity (Wildman–Crippen MR) is 74.0 cm³/mol. The number of carbonyl (C=O) groups is 1. The predicted octanol–water partition coefficient (Wildman–Crippen LogP) is -2.20. The highest BCUT2D eigenvalue weighted by Gasteiger charge is 2.15. The van der Waals surface area contributed by atoms with Crippen LogP contribution in [-0.4, -0.2) is 24.5 Å². The van der Waals surface area contributed by atoms with Crippen molar-refractivity contribution in [2.75, 3.05) is 6.54 Å². The quantitative estimate of drug-likeness (QED) is 0.532. The second-order valence-electron chi connectivity index (χ2n) is 4.64. The average molecular weight is 285 g/mol. The van der Waals surface area contributed by atoms with Gasteiger partial charge in [-0.2, -0.15) is 0 Å². The lowest BCUT2D eigenvalue weighted by Crippen LogP contribution is -3.00. The van der Waals surface area contributed by atoms with Crippen LogP contribution in [0.2, 0.25) is 0 Å². The Hall–Kier alpha value is -1.10. The van der Waals surface area contributed by atoms with Gasteiger partial charge in [0.2, 0.25) is 5.91 Å². The summed E-state index contributed by atoms with van der Waals surface area (Å²) in [5, 5.41) is 2.93. The lowest BCUT2D eigenvalue weighted by molar-refractivity contribution is -0.123. The van der Waals surface area contributed by atoms with E-state index in [9.17, 15) is 4.79 Å². The third kappa shape index (κ3) is 7.15. The summed E-state index contributed by atoms with van der Waals surface area (Å²) in [4.78, 5) is 11.8. The highest BCUT2D eigenvalue weighted by Crippen LogP contribution is 2.03. The SMILES string of the molecule is CC(Cc1ccccc1)NC(=O)C(N)CCCN.[Cl-]. The van der Waals surface area contributed by atoms with Gasteiger partial charge in [0.1, 0.15) is 0 Å². The van der Waals surface area contributed by atoms with Crippen LogP contribution in [0.15, 0.2) is 30.3 Å². The Kier molecular flexibility index (Phi) is 9.21. The van der Waals surface area contributed by atoms with Crippen LogP contribution in [0, 0.1) is 0 Å². The van der Waals surface area contributed by atoms with E-state index in [1.807, 2.05) is 25.1 Å². The van der Waals surface area contributed by atoms with Crippen LogP contribution in [0.5, 0.6) is 0 Å². The summed E-state index contributed by atoms with van der Waals surface area (Å²) in [6, 6.07) is 9.72. The first-order chi connectivity index (χ1) is 8.63. The zero-order valence-electron chi connectivity index (χ0n) is 11.3. The van der Waals surface area contributed by atoms with Crippen molar-refractivity contribution in [3.8, 4) is 0 Å². The Labute approximate surface area is 121 Å². The monoisotopic (exact) mass is 284 g/mol. The summed E-state index contributed by atoms with van der Waals surface area (Å²) < 4.78 is 0. The van der Waals surface area contributed by atoms with E-state index in [4.69, 9.17) is 11.5 Å². The van der Waals surface area contributed by atoms with E-state index in [1.165, 1.54) is 5.56 Å². The lowest BCUT2D eigenvalue weighted by Gasteiger charge is -2.17.